The summed E-state index contributed by atoms with van der Waals surface area (Å²) in [6.45, 7) is 8.05. The number of hydrogen-bond donors (Lipinski definition) is 0. The highest BCUT2D eigenvalue weighted by Crippen LogP contribution is 2.34. The van der Waals surface area contributed by atoms with E-state index in [1.807, 2.05) is 18.2 Å². The molecule has 1 nitrogen and oxygen atoms in total. The van der Waals surface area contributed by atoms with E-state index in [0.29, 0.717) is 0 Å². The summed E-state index contributed by atoms with van der Waals surface area (Å²) < 4.78 is 0. The van der Waals surface area contributed by atoms with Crippen LogP contribution in [0.1, 0.15) is 16.7 Å². The van der Waals surface area contributed by atoms with Crippen molar-refractivity contribution >= 4 is 23.1 Å². The van der Waals surface area contributed by atoms with E-state index < -0.39 is 0 Å². The summed E-state index contributed by atoms with van der Waals surface area (Å²) >= 11 is 0. The predicted molar refractivity (Wildman–Crippen MR) is 153 cm³/mol. The molecule has 0 fully saturated rings. The SMILES string of the molecule is C=Cc1ccc(N(c2ccc(C)cc2)c2ccc(C)cc2)cc1.c1ccc(-c2ccccc2)cc1. The molecule has 0 saturated heterocycles. The molecule has 5 rings (SSSR count). The normalized spacial score (nSPS) is 10.1. The highest BCUT2D eigenvalue weighted by molar-refractivity contribution is 5.77. The molecule has 0 saturated carbocycles. The van der Waals surface area contributed by atoms with E-state index >= 15 is 0 Å². The number of nitrogens with zero attached hydrogens (tertiary/aromatic N) is 1. The fourth-order valence-electron chi connectivity index (χ4n) is 3.86. The summed E-state index contributed by atoms with van der Waals surface area (Å²) in [4.78, 5) is 2.27. The summed E-state index contributed by atoms with van der Waals surface area (Å²) in [6, 6.07) is 46.5. The minimum absolute atomic E-state index is 1.13. The van der Waals surface area contributed by atoms with Crippen LogP contribution in [0.2, 0.25) is 0 Å². The predicted octanol–water partition coefficient (Wildman–Crippen LogP) is 9.77. The zero-order valence-corrected chi connectivity index (χ0v) is 20.4. The van der Waals surface area contributed by atoms with Crippen LogP contribution in [-0.2, 0) is 0 Å². The van der Waals surface area contributed by atoms with E-state index in [9.17, 15) is 0 Å². The Hall–Kier alpha value is -4.36. The second-order valence-electron chi connectivity index (χ2n) is 8.53. The lowest BCUT2D eigenvalue weighted by molar-refractivity contribution is 1.27. The molecule has 5 aromatic carbocycles. The Bertz CT molecular complexity index is 1240. The third-order valence-electron chi connectivity index (χ3n) is 5.85. The maximum absolute atomic E-state index is 3.83. The molecule has 0 atom stereocenters. The Morgan fingerprint density at radius 2 is 0.800 bits per heavy atom. The van der Waals surface area contributed by atoms with Crippen LogP contribution in [0.15, 0.2) is 140 Å². The van der Waals surface area contributed by atoms with Crippen molar-refractivity contribution < 1.29 is 0 Å². The van der Waals surface area contributed by atoms with Gasteiger partial charge in [-0.3, -0.25) is 0 Å². The molecule has 35 heavy (non-hydrogen) atoms. The zero-order valence-electron chi connectivity index (χ0n) is 20.4. The second kappa shape index (κ2) is 11.7. The average Bonchev–Trinajstić information content (AvgIpc) is 2.93. The fourth-order valence-corrected chi connectivity index (χ4v) is 3.86. The van der Waals surface area contributed by atoms with E-state index in [1.165, 1.54) is 22.3 Å². The molecule has 0 aliphatic rings. The number of anilines is 3. The lowest BCUT2D eigenvalue weighted by Gasteiger charge is -2.25. The molecule has 0 radical (unpaired) electrons. The summed E-state index contributed by atoms with van der Waals surface area (Å²) in [6.07, 6.45) is 1.87. The summed E-state index contributed by atoms with van der Waals surface area (Å²) in [5, 5.41) is 0. The van der Waals surface area contributed by atoms with E-state index in [-0.39, 0.29) is 0 Å². The molecule has 0 bridgehead atoms. The van der Waals surface area contributed by atoms with E-state index in [4.69, 9.17) is 0 Å². The lowest BCUT2D eigenvalue weighted by atomic mass is 10.1. The quantitative estimate of drug-likeness (QED) is 0.256. The molecule has 0 aliphatic heterocycles. The van der Waals surface area contributed by atoms with Crippen LogP contribution in [0, 0.1) is 13.8 Å². The first-order valence-corrected chi connectivity index (χ1v) is 11.9. The Balaban J connectivity index is 0.000000201. The van der Waals surface area contributed by atoms with Crippen molar-refractivity contribution in [3.63, 3.8) is 0 Å². The second-order valence-corrected chi connectivity index (χ2v) is 8.53. The minimum Gasteiger partial charge on any atom is -0.311 e. The fraction of sp³-hybridized carbons (Fsp3) is 0.0588. The van der Waals surface area contributed by atoms with Gasteiger partial charge in [0.2, 0.25) is 0 Å². The van der Waals surface area contributed by atoms with Gasteiger partial charge < -0.3 is 4.90 Å². The molecule has 0 aromatic heterocycles. The molecular formula is C34H31N. The summed E-state index contributed by atoms with van der Waals surface area (Å²) in [5.74, 6) is 0. The zero-order chi connectivity index (χ0) is 24.5. The Labute approximate surface area is 209 Å². The Kier molecular flexibility index (Phi) is 7.93. The van der Waals surface area contributed by atoms with Gasteiger partial charge in [0.05, 0.1) is 0 Å². The third-order valence-corrected chi connectivity index (χ3v) is 5.85. The maximum Gasteiger partial charge on any atom is 0.0462 e. The Morgan fingerprint density at radius 3 is 1.14 bits per heavy atom. The molecule has 172 valence electrons. The van der Waals surface area contributed by atoms with Gasteiger partial charge in [-0.1, -0.05) is 121 Å². The van der Waals surface area contributed by atoms with Crippen LogP contribution in [0.5, 0.6) is 0 Å². The van der Waals surface area contributed by atoms with Gasteiger partial charge in [-0.05, 0) is 66.9 Å². The molecule has 0 unspecified atom stereocenters. The van der Waals surface area contributed by atoms with Crippen molar-refractivity contribution in [1.82, 2.24) is 0 Å². The van der Waals surface area contributed by atoms with Gasteiger partial charge >= 0.3 is 0 Å². The monoisotopic (exact) mass is 453 g/mol. The van der Waals surface area contributed by atoms with Gasteiger partial charge in [0, 0.05) is 17.1 Å². The number of aryl methyl sites for hydroxylation is 2. The number of hydrogen-bond acceptors (Lipinski definition) is 1. The van der Waals surface area contributed by atoms with Gasteiger partial charge in [-0.2, -0.15) is 0 Å². The van der Waals surface area contributed by atoms with Crippen LogP contribution >= 0.6 is 0 Å². The van der Waals surface area contributed by atoms with Crippen LogP contribution in [-0.4, -0.2) is 0 Å². The van der Waals surface area contributed by atoms with Gasteiger partial charge in [0.25, 0.3) is 0 Å². The summed E-state index contributed by atoms with van der Waals surface area (Å²) in [7, 11) is 0. The maximum atomic E-state index is 3.83. The van der Waals surface area contributed by atoms with Crippen LogP contribution in [0.4, 0.5) is 17.1 Å². The molecule has 0 N–H and O–H groups in total. The number of benzene rings is 5. The number of rotatable bonds is 5. The van der Waals surface area contributed by atoms with E-state index in [0.717, 1.165) is 22.6 Å². The highest BCUT2D eigenvalue weighted by atomic mass is 15.1. The van der Waals surface area contributed by atoms with Crippen molar-refractivity contribution in [1.29, 1.82) is 0 Å². The van der Waals surface area contributed by atoms with E-state index in [1.54, 1.807) is 0 Å². The first kappa shape index (κ1) is 23.8. The molecule has 0 heterocycles. The first-order chi connectivity index (χ1) is 17.1. The van der Waals surface area contributed by atoms with Gasteiger partial charge in [0.1, 0.15) is 0 Å². The summed E-state index contributed by atoms with van der Waals surface area (Å²) in [5.41, 5.74) is 9.66. The van der Waals surface area contributed by atoms with Crippen LogP contribution < -0.4 is 4.90 Å². The van der Waals surface area contributed by atoms with E-state index in [2.05, 4.69) is 147 Å². The van der Waals surface area contributed by atoms with Crippen molar-refractivity contribution in [3.8, 4) is 11.1 Å². The van der Waals surface area contributed by atoms with Gasteiger partial charge in [0.15, 0.2) is 0 Å². The topological polar surface area (TPSA) is 3.24 Å². The molecule has 1 heteroatoms. The average molecular weight is 454 g/mol. The van der Waals surface area contributed by atoms with Crippen LogP contribution in [0.25, 0.3) is 17.2 Å². The van der Waals surface area contributed by atoms with Crippen molar-refractivity contribution in [2.24, 2.45) is 0 Å². The Morgan fingerprint density at radius 1 is 0.457 bits per heavy atom. The smallest absolute Gasteiger partial charge is 0.0462 e. The first-order valence-electron chi connectivity index (χ1n) is 11.9. The molecule has 0 spiro atoms. The van der Waals surface area contributed by atoms with Crippen LogP contribution in [0.3, 0.4) is 0 Å². The van der Waals surface area contributed by atoms with Gasteiger partial charge in [-0.25, -0.2) is 0 Å². The van der Waals surface area contributed by atoms with Gasteiger partial charge in [-0.15, -0.1) is 0 Å². The standard InChI is InChI=1S/C22H21N.C12H10/c1-4-19-9-15-22(16-10-19)23(20-11-5-17(2)6-12-20)21-13-7-18(3)8-14-21;1-3-7-11(8-4-1)12-9-5-2-6-10-12/h4-16H,1H2,2-3H3;1-10H. The molecular weight excluding hydrogens is 422 g/mol. The lowest BCUT2D eigenvalue weighted by Crippen LogP contribution is -2.09. The minimum atomic E-state index is 1.13. The molecule has 0 aliphatic carbocycles. The molecule has 0 amide bonds. The third kappa shape index (κ3) is 6.37. The largest absolute Gasteiger partial charge is 0.311 e. The molecule has 5 aromatic rings. The van der Waals surface area contributed by atoms with Crippen molar-refractivity contribution in [3.05, 3.63) is 157 Å². The van der Waals surface area contributed by atoms with Crippen molar-refractivity contribution in [2.75, 3.05) is 4.90 Å². The highest BCUT2D eigenvalue weighted by Gasteiger charge is 2.11. The van der Waals surface area contributed by atoms with Crippen molar-refractivity contribution in [2.45, 2.75) is 13.8 Å².